The smallest absolute Gasteiger partial charge is 0.295 e. The number of rotatable bonds is 8. The number of methoxy groups -OCH3 is 1. The molecule has 2 heterocycles. The summed E-state index contributed by atoms with van der Waals surface area (Å²) in [5.74, 6) is -0.229. The lowest BCUT2D eigenvalue weighted by Gasteiger charge is -2.23. The largest absolute Gasteiger partial charge is 0.507 e. The summed E-state index contributed by atoms with van der Waals surface area (Å²) in [6, 6.07) is 9.48. The molecule has 1 aromatic carbocycles. The molecule has 1 N–H and O–H groups in total. The molecule has 7 heteroatoms. The van der Waals surface area contributed by atoms with Crippen molar-refractivity contribution in [3.8, 4) is 5.75 Å². The first-order valence-corrected chi connectivity index (χ1v) is 9.94. The van der Waals surface area contributed by atoms with Gasteiger partial charge in [-0.15, -0.1) is 0 Å². The molecular weight excluding hydrogens is 386 g/mol. The van der Waals surface area contributed by atoms with Gasteiger partial charge in [0.25, 0.3) is 11.7 Å². The minimum atomic E-state index is -0.817. The summed E-state index contributed by atoms with van der Waals surface area (Å²) in [5.41, 5.74) is 0.332. The average molecular weight is 413 g/mol. The summed E-state index contributed by atoms with van der Waals surface area (Å²) < 4.78 is 16.6. The van der Waals surface area contributed by atoms with Crippen LogP contribution in [0.4, 0.5) is 0 Å². The summed E-state index contributed by atoms with van der Waals surface area (Å²) in [6.45, 7) is 6.41. The van der Waals surface area contributed by atoms with E-state index in [1.807, 2.05) is 13.8 Å². The fourth-order valence-corrected chi connectivity index (χ4v) is 3.55. The van der Waals surface area contributed by atoms with Crippen LogP contribution in [0.1, 0.15) is 43.4 Å². The van der Waals surface area contributed by atoms with Crippen LogP contribution in [0, 0.1) is 6.92 Å². The average Bonchev–Trinajstić information content (AvgIpc) is 3.26. The second-order valence-corrected chi connectivity index (χ2v) is 7.41. The molecule has 1 aliphatic heterocycles. The number of hydrogen-bond acceptors (Lipinski definition) is 6. The fourth-order valence-electron chi connectivity index (χ4n) is 3.55. The normalized spacial score (nSPS) is 18.4. The number of benzene rings is 1. The van der Waals surface area contributed by atoms with Crippen LogP contribution < -0.4 is 4.74 Å². The Balaban J connectivity index is 2.04. The van der Waals surface area contributed by atoms with Crippen molar-refractivity contribution in [2.45, 2.75) is 39.3 Å². The first-order valence-electron chi connectivity index (χ1n) is 9.94. The van der Waals surface area contributed by atoms with Gasteiger partial charge in [0.1, 0.15) is 29.1 Å². The van der Waals surface area contributed by atoms with Crippen LogP contribution in [-0.4, -0.2) is 48.1 Å². The van der Waals surface area contributed by atoms with Crippen molar-refractivity contribution in [2.24, 2.45) is 0 Å². The molecule has 1 fully saturated rings. The molecule has 0 spiro atoms. The number of ketones is 1. The predicted octanol–water partition coefficient (Wildman–Crippen LogP) is 3.83. The lowest BCUT2D eigenvalue weighted by atomic mass is 9.99. The summed E-state index contributed by atoms with van der Waals surface area (Å²) >= 11 is 0. The lowest BCUT2D eigenvalue weighted by Crippen LogP contribution is -2.31. The molecule has 0 bridgehead atoms. The number of Topliss-reactive ketones (excluding diaryl/α,β-unsaturated/α-hetero) is 1. The molecule has 30 heavy (non-hydrogen) atoms. The maximum atomic E-state index is 12.9. The number of para-hydroxylation sites is 1. The predicted molar refractivity (Wildman–Crippen MR) is 111 cm³/mol. The monoisotopic (exact) mass is 413 g/mol. The number of carbonyl (C=O) groups is 2. The molecular formula is C23H27NO6. The molecule has 0 aliphatic carbocycles. The number of aryl methyl sites for hydroxylation is 1. The number of carbonyl (C=O) groups excluding carboxylic acids is 2. The van der Waals surface area contributed by atoms with E-state index in [9.17, 15) is 14.7 Å². The van der Waals surface area contributed by atoms with E-state index in [0.29, 0.717) is 42.4 Å². The van der Waals surface area contributed by atoms with E-state index in [2.05, 4.69) is 0 Å². The van der Waals surface area contributed by atoms with Crippen LogP contribution in [0.3, 0.4) is 0 Å². The summed E-state index contributed by atoms with van der Waals surface area (Å²) in [5, 5.41) is 11.1. The number of aliphatic hydroxyl groups excluding tert-OH is 1. The molecule has 1 amide bonds. The second-order valence-electron chi connectivity index (χ2n) is 7.41. The van der Waals surface area contributed by atoms with Gasteiger partial charge in [0, 0.05) is 13.2 Å². The zero-order valence-corrected chi connectivity index (χ0v) is 17.7. The Hall–Kier alpha value is -3.06. The van der Waals surface area contributed by atoms with Gasteiger partial charge in [-0.25, -0.2) is 0 Å². The zero-order valence-electron chi connectivity index (χ0n) is 17.7. The van der Waals surface area contributed by atoms with E-state index < -0.39 is 17.7 Å². The fraction of sp³-hybridized carbons (Fsp3) is 0.391. The molecule has 160 valence electrons. The lowest BCUT2D eigenvalue weighted by molar-refractivity contribution is -0.140. The van der Waals surface area contributed by atoms with E-state index in [4.69, 9.17) is 13.9 Å². The first-order chi connectivity index (χ1) is 14.3. The molecule has 1 atom stereocenters. The van der Waals surface area contributed by atoms with E-state index in [1.165, 1.54) is 12.0 Å². The van der Waals surface area contributed by atoms with Crippen molar-refractivity contribution in [3.63, 3.8) is 0 Å². The Labute approximate surface area is 175 Å². The third-order valence-electron chi connectivity index (χ3n) is 4.93. The summed E-state index contributed by atoms with van der Waals surface area (Å²) in [7, 11) is 1.48. The van der Waals surface area contributed by atoms with Gasteiger partial charge in [-0.1, -0.05) is 12.1 Å². The van der Waals surface area contributed by atoms with Crippen LogP contribution in [0.2, 0.25) is 0 Å². The van der Waals surface area contributed by atoms with Crippen LogP contribution in [0.5, 0.6) is 5.75 Å². The van der Waals surface area contributed by atoms with Crippen LogP contribution in [0.15, 0.2) is 46.4 Å². The minimum absolute atomic E-state index is 0.0105. The summed E-state index contributed by atoms with van der Waals surface area (Å²) in [4.78, 5) is 27.2. The van der Waals surface area contributed by atoms with Crippen molar-refractivity contribution in [2.75, 3.05) is 20.3 Å². The van der Waals surface area contributed by atoms with Gasteiger partial charge in [-0.05, 0) is 51.5 Å². The van der Waals surface area contributed by atoms with Crippen LogP contribution in [-0.2, 0) is 14.3 Å². The first kappa shape index (κ1) is 21.6. The maximum Gasteiger partial charge on any atom is 0.295 e. The highest BCUT2D eigenvalue weighted by Crippen LogP contribution is 2.41. The Kier molecular flexibility index (Phi) is 6.62. The van der Waals surface area contributed by atoms with Crippen molar-refractivity contribution in [1.82, 2.24) is 4.90 Å². The third-order valence-corrected chi connectivity index (χ3v) is 4.93. The standard InChI is InChI=1S/C23H27NO6/c1-14(2)29-13-7-12-24-20(18-11-10-15(3)30-18)19(22(26)23(24)27)21(25)16-8-5-6-9-17(16)28-4/h5-6,8-11,14,20,25H,7,12-13H2,1-4H3/b21-19-. The van der Waals surface area contributed by atoms with Gasteiger partial charge >= 0.3 is 0 Å². The molecule has 3 rings (SSSR count). The molecule has 0 saturated carbocycles. The van der Waals surface area contributed by atoms with Gasteiger partial charge in [0.05, 0.1) is 24.4 Å². The molecule has 1 saturated heterocycles. The van der Waals surface area contributed by atoms with Crippen LogP contribution >= 0.6 is 0 Å². The topological polar surface area (TPSA) is 89.2 Å². The number of likely N-dealkylation sites (tertiary alicyclic amines) is 1. The zero-order chi connectivity index (χ0) is 21.8. The van der Waals surface area contributed by atoms with Crippen molar-refractivity contribution >= 4 is 17.4 Å². The highest BCUT2D eigenvalue weighted by Gasteiger charge is 2.47. The van der Waals surface area contributed by atoms with E-state index in [0.717, 1.165) is 0 Å². The molecule has 2 aromatic rings. The highest BCUT2D eigenvalue weighted by molar-refractivity contribution is 6.46. The van der Waals surface area contributed by atoms with Crippen LogP contribution in [0.25, 0.3) is 5.76 Å². The van der Waals surface area contributed by atoms with E-state index >= 15 is 0 Å². The number of furan rings is 1. The number of ether oxygens (including phenoxy) is 2. The highest BCUT2D eigenvalue weighted by atomic mass is 16.5. The molecule has 7 nitrogen and oxygen atoms in total. The molecule has 1 aliphatic rings. The quantitative estimate of drug-likeness (QED) is 0.306. The van der Waals surface area contributed by atoms with Gasteiger partial charge in [-0.2, -0.15) is 0 Å². The van der Waals surface area contributed by atoms with Gasteiger partial charge in [0.2, 0.25) is 0 Å². The Morgan fingerprint density at radius 1 is 1.20 bits per heavy atom. The van der Waals surface area contributed by atoms with Crippen molar-refractivity contribution < 1.29 is 28.6 Å². The molecule has 1 aromatic heterocycles. The number of hydrogen-bond donors (Lipinski definition) is 1. The van der Waals surface area contributed by atoms with E-state index in [1.54, 1.807) is 43.3 Å². The summed E-state index contributed by atoms with van der Waals surface area (Å²) in [6.07, 6.45) is 0.630. The molecule has 0 radical (unpaired) electrons. The maximum absolute atomic E-state index is 12.9. The number of aliphatic hydroxyl groups is 1. The Morgan fingerprint density at radius 2 is 1.93 bits per heavy atom. The number of amides is 1. The van der Waals surface area contributed by atoms with Gasteiger partial charge in [0.15, 0.2) is 0 Å². The second kappa shape index (κ2) is 9.17. The molecule has 1 unspecified atom stereocenters. The third kappa shape index (κ3) is 4.26. The SMILES string of the molecule is COc1ccccc1/C(O)=C1/C(=O)C(=O)N(CCCOC(C)C)C1c1ccc(C)o1. The van der Waals surface area contributed by atoms with Gasteiger partial charge in [-0.3, -0.25) is 9.59 Å². The van der Waals surface area contributed by atoms with Crippen molar-refractivity contribution in [1.29, 1.82) is 0 Å². The number of nitrogens with zero attached hydrogens (tertiary/aromatic N) is 1. The van der Waals surface area contributed by atoms with Crippen molar-refractivity contribution in [3.05, 3.63) is 59.1 Å². The van der Waals surface area contributed by atoms with E-state index in [-0.39, 0.29) is 17.4 Å². The Morgan fingerprint density at radius 3 is 2.57 bits per heavy atom. The van der Waals surface area contributed by atoms with Gasteiger partial charge < -0.3 is 23.9 Å². The minimum Gasteiger partial charge on any atom is -0.507 e. The Bertz CT molecular complexity index is 958.